The number of methoxy groups -OCH3 is 2. The number of para-hydroxylation sites is 1. The van der Waals surface area contributed by atoms with Crippen LogP contribution in [0.4, 0.5) is 5.69 Å². The molecule has 2 aromatic rings. The molecule has 1 fully saturated rings. The summed E-state index contributed by atoms with van der Waals surface area (Å²) >= 11 is 0. The summed E-state index contributed by atoms with van der Waals surface area (Å²) in [6.07, 6.45) is 1.64. The van der Waals surface area contributed by atoms with Crippen molar-refractivity contribution in [2.75, 3.05) is 26.2 Å². The zero-order valence-electron chi connectivity index (χ0n) is 17.4. The normalized spacial score (nSPS) is 25.7. The molecule has 1 saturated carbocycles. The van der Waals surface area contributed by atoms with Crippen LogP contribution in [0.3, 0.4) is 0 Å². The molecule has 4 nitrogen and oxygen atoms in total. The second-order valence-electron chi connectivity index (χ2n) is 8.87. The molecule has 4 heteroatoms. The van der Waals surface area contributed by atoms with Crippen LogP contribution in [-0.4, -0.2) is 33.1 Å². The summed E-state index contributed by atoms with van der Waals surface area (Å²) in [5.74, 6) is 1.76. The third-order valence-electron chi connectivity index (χ3n) is 6.48. The number of benzene rings is 2. The molecule has 0 saturated heterocycles. The fourth-order valence-electron chi connectivity index (χ4n) is 5.23. The predicted octanol–water partition coefficient (Wildman–Crippen LogP) is 4.66. The number of nitrogens with zero attached hydrogens (tertiary/aromatic N) is 1. The van der Waals surface area contributed by atoms with E-state index in [0.717, 1.165) is 12.0 Å². The van der Waals surface area contributed by atoms with Crippen LogP contribution >= 0.6 is 0 Å². The van der Waals surface area contributed by atoms with Gasteiger partial charge < -0.3 is 14.4 Å². The van der Waals surface area contributed by atoms with Crippen LogP contribution in [0.5, 0.6) is 11.5 Å². The van der Waals surface area contributed by atoms with E-state index in [4.69, 9.17) is 9.47 Å². The smallest absolute Gasteiger partial charge is 0.161 e. The van der Waals surface area contributed by atoms with Crippen LogP contribution in [0.1, 0.15) is 43.7 Å². The van der Waals surface area contributed by atoms with E-state index in [-0.39, 0.29) is 23.3 Å². The van der Waals surface area contributed by atoms with Crippen molar-refractivity contribution in [1.29, 1.82) is 0 Å². The molecule has 0 N–H and O–H groups in total. The van der Waals surface area contributed by atoms with Crippen LogP contribution in [-0.2, 0) is 4.79 Å². The third-order valence-corrected chi connectivity index (χ3v) is 6.48. The van der Waals surface area contributed by atoms with E-state index in [1.54, 1.807) is 14.2 Å². The van der Waals surface area contributed by atoms with E-state index < -0.39 is 0 Å². The van der Waals surface area contributed by atoms with E-state index in [1.165, 1.54) is 11.3 Å². The summed E-state index contributed by atoms with van der Waals surface area (Å²) < 4.78 is 11.0. The lowest BCUT2D eigenvalue weighted by Gasteiger charge is -2.51. The van der Waals surface area contributed by atoms with Crippen molar-refractivity contribution >= 4 is 11.5 Å². The topological polar surface area (TPSA) is 38.8 Å². The monoisotopic (exact) mass is 379 g/mol. The van der Waals surface area contributed by atoms with E-state index >= 15 is 0 Å². The Bertz CT molecular complexity index is 904. The summed E-state index contributed by atoms with van der Waals surface area (Å²) in [4.78, 5) is 15.7. The Hall–Kier alpha value is -2.49. The minimum absolute atomic E-state index is 0.0285. The molecule has 3 unspecified atom stereocenters. The lowest BCUT2D eigenvalue weighted by molar-refractivity contribution is -0.129. The summed E-state index contributed by atoms with van der Waals surface area (Å²) in [6, 6.07) is 14.7. The minimum Gasteiger partial charge on any atom is -0.493 e. The van der Waals surface area contributed by atoms with Gasteiger partial charge in [-0.05, 0) is 41.2 Å². The third kappa shape index (κ3) is 2.95. The van der Waals surface area contributed by atoms with Gasteiger partial charge in [0.15, 0.2) is 11.5 Å². The van der Waals surface area contributed by atoms with Gasteiger partial charge >= 0.3 is 0 Å². The van der Waals surface area contributed by atoms with Gasteiger partial charge in [0, 0.05) is 37.0 Å². The molecule has 1 aliphatic carbocycles. The number of carbonyl (C=O) groups is 1. The maximum atomic E-state index is 13.4. The van der Waals surface area contributed by atoms with E-state index in [9.17, 15) is 4.79 Å². The maximum absolute atomic E-state index is 13.4. The number of ketones is 1. The molecule has 2 aliphatic rings. The highest BCUT2D eigenvalue weighted by Crippen LogP contribution is 2.52. The molecular weight excluding hydrogens is 350 g/mol. The molecule has 3 atom stereocenters. The van der Waals surface area contributed by atoms with Gasteiger partial charge in [0.2, 0.25) is 0 Å². The molecule has 1 heterocycles. The van der Waals surface area contributed by atoms with Crippen LogP contribution in [0.25, 0.3) is 0 Å². The molecular formula is C24H29NO3. The molecule has 1 aliphatic heterocycles. The zero-order valence-corrected chi connectivity index (χ0v) is 17.4. The molecule has 28 heavy (non-hydrogen) atoms. The minimum atomic E-state index is -0.0500. The number of anilines is 1. The van der Waals surface area contributed by atoms with E-state index in [2.05, 4.69) is 56.1 Å². The molecule has 2 aromatic carbocycles. The first-order valence-electron chi connectivity index (χ1n) is 9.92. The van der Waals surface area contributed by atoms with Crippen LogP contribution in [0, 0.1) is 11.3 Å². The Morgan fingerprint density at radius 3 is 2.46 bits per heavy atom. The van der Waals surface area contributed by atoms with Gasteiger partial charge in [0.1, 0.15) is 5.78 Å². The second kappa shape index (κ2) is 6.84. The van der Waals surface area contributed by atoms with Crippen LogP contribution in [0.15, 0.2) is 42.5 Å². The van der Waals surface area contributed by atoms with Gasteiger partial charge in [-0.2, -0.15) is 0 Å². The van der Waals surface area contributed by atoms with Gasteiger partial charge in [-0.25, -0.2) is 0 Å². The van der Waals surface area contributed by atoms with Gasteiger partial charge in [-0.3, -0.25) is 4.79 Å². The highest BCUT2D eigenvalue weighted by Gasteiger charge is 2.50. The SMILES string of the molecule is COc1ccc(C2c3ccccc3N(C)C3CC(C)(C)CC(=O)C23)cc1OC. The Balaban J connectivity index is 1.89. The van der Waals surface area contributed by atoms with Crippen molar-refractivity contribution < 1.29 is 14.3 Å². The van der Waals surface area contributed by atoms with Crippen LogP contribution < -0.4 is 14.4 Å². The number of fused-ring (bicyclic) bond motifs is 2. The Kier molecular flexibility index (Phi) is 4.60. The van der Waals surface area contributed by atoms with Gasteiger partial charge in [0.25, 0.3) is 0 Å². The zero-order chi connectivity index (χ0) is 20.1. The average molecular weight is 380 g/mol. The highest BCUT2D eigenvalue weighted by molar-refractivity contribution is 5.87. The Morgan fingerprint density at radius 2 is 1.75 bits per heavy atom. The molecule has 0 radical (unpaired) electrons. The fourth-order valence-corrected chi connectivity index (χ4v) is 5.23. The number of hydrogen-bond donors (Lipinski definition) is 0. The quantitative estimate of drug-likeness (QED) is 0.777. The molecule has 4 rings (SSSR count). The first-order chi connectivity index (χ1) is 13.4. The van der Waals surface area contributed by atoms with Gasteiger partial charge in [-0.1, -0.05) is 38.1 Å². The number of ether oxygens (including phenoxy) is 2. The lowest BCUT2D eigenvalue weighted by Crippen LogP contribution is -2.54. The Labute approximate surface area is 167 Å². The first-order valence-corrected chi connectivity index (χ1v) is 9.92. The number of hydrogen-bond acceptors (Lipinski definition) is 4. The summed E-state index contributed by atoms with van der Waals surface area (Å²) in [5.41, 5.74) is 3.57. The second-order valence-corrected chi connectivity index (χ2v) is 8.87. The van der Waals surface area contributed by atoms with Crippen molar-refractivity contribution in [2.45, 2.75) is 38.6 Å². The van der Waals surface area contributed by atoms with Gasteiger partial charge in [-0.15, -0.1) is 0 Å². The van der Waals surface area contributed by atoms with E-state index in [0.29, 0.717) is 23.7 Å². The number of Topliss-reactive ketones (excluding diaryl/α,β-unsaturated/α-hetero) is 1. The molecule has 0 aromatic heterocycles. The fraction of sp³-hybridized carbons (Fsp3) is 0.458. The van der Waals surface area contributed by atoms with Crippen molar-refractivity contribution in [3.05, 3.63) is 53.6 Å². The molecule has 0 amide bonds. The summed E-state index contributed by atoms with van der Waals surface area (Å²) in [7, 11) is 5.43. The summed E-state index contributed by atoms with van der Waals surface area (Å²) in [6.45, 7) is 4.42. The van der Waals surface area contributed by atoms with Crippen molar-refractivity contribution in [1.82, 2.24) is 0 Å². The van der Waals surface area contributed by atoms with Crippen LogP contribution in [0.2, 0.25) is 0 Å². The Morgan fingerprint density at radius 1 is 1.04 bits per heavy atom. The largest absolute Gasteiger partial charge is 0.493 e. The molecule has 0 spiro atoms. The number of carbonyl (C=O) groups excluding carboxylic acids is 1. The highest BCUT2D eigenvalue weighted by atomic mass is 16.5. The van der Waals surface area contributed by atoms with Gasteiger partial charge in [0.05, 0.1) is 14.2 Å². The van der Waals surface area contributed by atoms with Crippen molar-refractivity contribution in [3.63, 3.8) is 0 Å². The number of rotatable bonds is 3. The lowest BCUT2D eigenvalue weighted by atomic mass is 9.61. The standard InChI is InChI=1S/C24H29NO3/c1-24(2)13-18-23(19(26)14-24)22(16-8-6-7-9-17(16)25(18)3)15-10-11-20(27-4)21(12-15)28-5/h6-12,18,22-23H,13-14H2,1-5H3. The average Bonchev–Trinajstić information content (AvgIpc) is 2.68. The summed E-state index contributed by atoms with van der Waals surface area (Å²) in [5, 5.41) is 0. The maximum Gasteiger partial charge on any atom is 0.161 e. The van der Waals surface area contributed by atoms with Crippen molar-refractivity contribution in [3.8, 4) is 11.5 Å². The van der Waals surface area contributed by atoms with E-state index in [1.807, 2.05) is 12.1 Å². The van der Waals surface area contributed by atoms with Crippen molar-refractivity contribution in [2.24, 2.45) is 11.3 Å². The molecule has 148 valence electrons. The predicted molar refractivity (Wildman–Crippen MR) is 112 cm³/mol. The first kappa shape index (κ1) is 18.9. The molecule has 0 bridgehead atoms.